The second-order valence-corrected chi connectivity index (χ2v) is 5.72. The van der Waals surface area contributed by atoms with Crippen LogP contribution in [0.3, 0.4) is 0 Å². The Hall–Kier alpha value is -2.93. The molecule has 0 unspecified atom stereocenters. The van der Waals surface area contributed by atoms with Crippen LogP contribution < -0.4 is 24.4 Å². The summed E-state index contributed by atoms with van der Waals surface area (Å²) in [5.74, 6) is 1.85. The summed E-state index contributed by atoms with van der Waals surface area (Å²) in [7, 11) is 1.55. The first-order valence-electron chi connectivity index (χ1n) is 7.83. The van der Waals surface area contributed by atoms with Crippen LogP contribution in [-0.4, -0.2) is 39.1 Å². The average molecular weight is 377 g/mol. The summed E-state index contributed by atoms with van der Waals surface area (Å²) in [6.07, 6.45) is 1.49. The van der Waals surface area contributed by atoms with E-state index >= 15 is 0 Å². The van der Waals surface area contributed by atoms with Crippen molar-refractivity contribution in [2.75, 3.05) is 26.9 Å². The van der Waals surface area contributed by atoms with Crippen LogP contribution in [0.15, 0.2) is 41.5 Å². The lowest BCUT2D eigenvalue weighted by molar-refractivity contribution is -0.123. The van der Waals surface area contributed by atoms with Gasteiger partial charge in [-0.1, -0.05) is 11.6 Å². The van der Waals surface area contributed by atoms with Gasteiger partial charge >= 0.3 is 0 Å². The average Bonchev–Trinajstić information content (AvgIpc) is 2.67. The minimum Gasteiger partial charge on any atom is -0.493 e. The quantitative estimate of drug-likeness (QED) is 0.619. The van der Waals surface area contributed by atoms with E-state index in [1.165, 1.54) is 6.21 Å². The van der Waals surface area contributed by atoms with Crippen molar-refractivity contribution in [2.45, 2.75) is 0 Å². The van der Waals surface area contributed by atoms with E-state index in [0.29, 0.717) is 46.8 Å². The molecular formula is C18H17ClN2O5. The van der Waals surface area contributed by atoms with E-state index in [9.17, 15) is 4.79 Å². The highest BCUT2D eigenvalue weighted by atomic mass is 35.5. The van der Waals surface area contributed by atoms with Gasteiger partial charge in [-0.05, 0) is 36.4 Å². The summed E-state index contributed by atoms with van der Waals surface area (Å²) in [6.45, 7) is 0.777. The molecule has 1 heterocycles. The number of hydrazone groups is 1. The number of methoxy groups -OCH3 is 1. The zero-order valence-electron chi connectivity index (χ0n) is 14.0. The summed E-state index contributed by atoms with van der Waals surface area (Å²) >= 11 is 5.79. The van der Waals surface area contributed by atoms with E-state index in [1.807, 2.05) is 0 Å². The summed E-state index contributed by atoms with van der Waals surface area (Å²) in [6, 6.07) is 10.2. The minimum absolute atomic E-state index is 0.163. The molecule has 2 aromatic carbocycles. The molecule has 1 N–H and O–H groups in total. The molecule has 0 spiro atoms. The van der Waals surface area contributed by atoms with Gasteiger partial charge in [-0.3, -0.25) is 4.79 Å². The van der Waals surface area contributed by atoms with Gasteiger partial charge in [-0.25, -0.2) is 5.43 Å². The molecule has 1 aliphatic rings. The number of ether oxygens (including phenoxy) is 4. The number of nitrogens with zero attached hydrogens (tertiary/aromatic N) is 1. The lowest BCUT2D eigenvalue weighted by Gasteiger charge is -2.20. The Morgan fingerprint density at radius 3 is 2.81 bits per heavy atom. The predicted molar refractivity (Wildman–Crippen MR) is 96.7 cm³/mol. The molecule has 1 amide bonds. The number of benzene rings is 2. The Morgan fingerprint density at radius 2 is 2.04 bits per heavy atom. The second kappa shape index (κ2) is 8.44. The van der Waals surface area contributed by atoms with Gasteiger partial charge in [-0.2, -0.15) is 5.10 Å². The molecule has 0 saturated heterocycles. The van der Waals surface area contributed by atoms with Gasteiger partial charge in [0.05, 0.1) is 13.3 Å². The van der Waals surface area contributed by atoms with E-state index in [4.69, 9.17) is 30.5 Å². The lowest BCUT2D eigenvalue weighted by atomic mass is 10.2. The molecule has 0 fully saturated rings. The maximum atomic E-state index is 11.8. The summed E-state index contributed by atoms with van der Waals surface area (Å²) in [4.78, 5) is 11.8. The van der Waals surface area contributed by atoms with Gasteiger partial charge in [0.15, 0.2) is 18.1 Å². The lowest BCUT2D eigenvalue weighted by Crippen LogP contribution is -2.24. The number of hydrogen-bond donors (Lipinski definition) is 1. The maximum absolute atomic E-state index is 11.8. The normalized spacial score (nSPS) is 12.7. The second-order valence-electron chi connectivity index (χ2n) is 5.28. The zero-order valence-corrected chi connectivity index (χ0v) is 14.8. The molecule has 2 aromatic rings. The number of halogens is 1. The minimum atomic E-state index is -0.388. The Labute approximate surface area is 155 Å². The van der Waals surface area contributed by atoms with Crippen LogP contribution in [0.2, 0.25) is 5.02 Å². The highest BCUT2D eigenvalue weighted by Crippen LogP contribution is 2.39. The zero-order chi connectivity index (χ0) is 18.4. The number of amides is 1. The molecule has 0 aliphatic carbocycles. The summed E-state index contributed by atoms with van der Waals surface area (Å²) < 4.78 is 21.7. The highest BCUT2D eigenvalue weighted by molar-refractivity contribution is 6.30. The van der Waals surface area contributed by atoms with Crippen LogP contribution in [0.25, 0.3) is 0 Å². The van der Waals surface area contributed by atoms with Crippen LogP contribution in [0, 0.1) is 0 Å². The number of carbonyl (C=O) groups excluding carboxylic acids is 1. The fourth-order valence-electron chi connectivity index (χ4n) is 2.26. The van der Waals surface area contributed by atoms with E-state index in [-0.39, 0.29) is 12.5 Å². The van der Waals surface area contributed by atoms with Gasteiger partial charge < -0.3 is 18.9 Å². The number of hydrogen-bond acceptors (Lipinski definition) is 6. The van der Waals surface area contributed by atoms with E-state index in [0.717, 1.165) is 0 Å². The Balaban J connectivity index is 1.56. The van der Waals surface area contributed by atoms with Crippen LogP contribution in [-0.2, 0) is 4.79 Å². The standard InChI is InChI=1S/C18H17ClN2O5/c1-23-15-8-12(9-16-18(15)25-7-6-24-16)10-20-21-17(22)11-26-14-4-2-13(19)3-5-14/h2-5,8-10H,6-7,11H2,1H3,(H,21,22)/b20-10-. The van der Waals surface area contributed by atoms with Crippen molar-refractivity contribution in [3.63, 3.8) is 0 Å². The number of rotatable bonds is 6. The Kier molecular flexibility index (Phi) is 5.80. The monoisotopic (exact) mass is 376 g/mol. The van der Waals surface area contributed by atoms with Crippen LogP contribution in [0.1, 0.15) is 5.56 Å². The van der Waals surface area contributed by atoms with Crippen molar-refractivity contribution in [3.8, 4) is 23.0 Å². The Bertz CT molecular complexity index is 791. The molecule has 26 heavy (non-hydrogen) atoms. The fourth-order valence-corrected chi connectivity index (χ4v) is 2.38. The molecule has 8 heteroatoms. The largest absolute Gasteiger partial charge is 0.493 e. The van der Waals surface area contributed by atoms with Crippen molar-refractivity contribution in [1.82, 2.24) is 5.43 Å². The van der Waals surface area contributed by atoms with E-state index < -0.39 is 0 Å². The first-order chi connectivity index (χ1) is 12.7. The topological polar surface area (TPSA) is 78.4 Å². The number of nitrogens with one attached hydrogen (secondary N) is 1. The molecular weight excluding hydrogens is 360 g/mol. The molecule has 3 rings (SSSR count). The van der Waals surface area contributed by atoms with Crippen molar-refractivity contribution >= 4 is 23.7 Å². The third-order valence-corrected chi connectivity index (χ3v) is 3.69. The summed E-state index contributed by atoms with van der Waals surface area (Å²) in [5.41, 5.74) is 3.10. The van der Waals surface area contributed by atoms with Crippen molar-refractivity contribution in [1.29, 1.82) is 0 Å². The smallest absolute Gasteiger partial charge is 0.277 e. The van der Waals surface area contributed by atoms with Crippen LogP contribution in [0.4, 0.5) is 0 Å². The molecule has 0 atom stereocenters. The molecule has 1 aliphatic heterocycles. The van der Waals surface area contributed by atoms with Gasteiger partial charge in [0.1, 0.15) is 19.0 Å². The maximum Gasteiger partial charge on any atom is 0.277 e. The van der Waals surface area contributed by atoms with Crippen LogP contribution in [0.5, 0.6) is 23.0 Å². The van der Waals surface area contributed by atoms with E-state index in [2.05, 4.69) is 10.5 Å². The fraction of sp³-hybridized carbons (Fsp3) is 0.222. The van der Waals surface area contributed by atoms with Gasteiger partial charge in [0, 0.05) is 10.6 Å². The molecule has 0 bridgehead atoms. The molecule has 0 radical (unpaired) electrons. The SMILES string of the molecule is COc1cc(/C=N\NC(=O)COc2ccc(Cl)cc2)cc2c1OCCO2. The predicted octanol–water partition coefficient (Wildman–Crippen LogP) is 2.65. The molecule has 0 saturated carbocycles. The Morgan fingerprint density at radius 1 is 1.27 bits per heavy atom. The van der Waals surface area contributed by atoms with Gasteiger partial charge in [0.25, 0.3) is 5.91 Å². The van der Waals surface area contributed by atoms with Crippen molar-refractivity contribution in [3.05, 3.63) is 47.0 Å². The van der Waals surface area contributed by atoms with Crippen molar-refractivity contribution < 1.29 is 23.7 Å². The number of carbonyl (C=O) groups is 1. The number of fused-ring (bicyclic) bond motifs is 1. The molecule has 0 aromatic heterocycles. The molecule has 136 valence electrons. The molecule has 7 nitrogen and oxygen atoms in total. The van der Waals surface area contributed by atoms with Gasteiger partial charge in [0.2, 0.25) is 5.75 Å². The summed E-state index contributed by atoms with van der Waals surface area (Å²) in [5, 5.41) is 4.51. The van der Waals surface area contributed by atoms with Gasteiger partial charge in [-0.15, -0.1) is 0 Å². The third-order valence-electron chi connectivity index (χ3n) is 3.44. The highest BCUT2D eigenvalue weighted by Gasteiger charge is 2.17. The van der Waals surface area contributed by atoms with Crippen molar-refractivity contribution in [2.24, 2.45) is 5.10 Å². The first-order valence-corrected chi connectivity index (χ1v) is 8.21. The van der Waals surface area contributed by atoms with Crippen LogP contribution >= 0.6 is 11.6 Å². The van der Waals surface area contributed by atoms with E-state index in [1.54, 1.807) is 43.5 Å². The third kappa shape index (κ3) is 4.58. The first kappa shape index (κ1) is 17.9.